The summed E-state index contributed by atoms with van der Waals surface area (Å²) >= 11 is 0. The molecule has 0 aromatic carbocycles. The van der Waals surface area contributed by atoms with Crippen molar-refractivity contribution in [2.24, 2.45) is 0 Å². The molecule has 4 heteroatoms. The smallest absolute Gasteiger partial charge is 0.328 e. The van der Waals surface area contributed by atoms with Gasteiger partial charge in [-0.25, -0.2) is 4.79 Å². The van der Waals surface area contributed by atoms with Crippen LogP contribution < -0.4 is 0 Å². The molecule has 1 unspecified atom stereocenters. The highest BCUT2D eigenvalue weighted by Gasteiger charge is 2.26. The summed E-state index contributed by atoms with van der Waals surface area (Å²) in [6.45, 7) is 7.12. The lowest BCUT2D eigenvalue weighted by atomic mass is 9.98. The second kappa shape index (κ2) is 7.19. The van der Waals surface area contributed by atoms with Crippen molar-refractivity contribution < 1.29 is 14.3 Å². The van der Waals surface area contributed by atoms with Crippen molar-refractivity contribution in [3.05, 3.63) is 12.7 Å². The largest absolute Gasteiger partial charge is 0.461 e. The molecule has 0 N–H and O–H groups in total. The van der Waals surface area contributed by atoms with E-state index in [0.29, 0.717) is 6.54 Å². The summed E-state index contributed by atoms with van der Waals surface area (Å²) in [7, 11) is 0. The Labute approximate surface area is 109 Å². The fraction of sp³-hybridized carbons (Fsp3) is 0.714. The van der Waals surface area contributed by atoms with E-state index in [1.54, 1.807) is 13.0 Å². The van der Waals surface area contributed by atoms with Crippen molar-refractivity contribution in [3.63, 3.8) is 0 Å². The molecule has 1 aliphatic carbocycles. The average molecular weight is 253 g/mol. The van der Waals surface area contributed by atoms with E-state index >= 15 is 0 Å². The van der Waals surface area contributed by atoms with Crippen molar-refractivity contribution in [2.75, 3.05) is 6.54 Å². The van der Waals surface area contributed by atoms with Crippen molar-refractivity contribution >= 4 is 11.9 Å². The van der Waals surface area contributed by atoms with Crippen LogP contribution in [0.1, 0.15) is 46.0 Å². The lowest BCUT2D eigenvalue weighted by Crippen LogP contribution is -2.44. The number of esters is 1. The van der Waals surface area contributed by atoms with Crippen molar-refractivity contribution in [2.45, 2.75) is 58.1 Å². The van der Waals surface area contributed by atoms with Gasteiger partial charge in [-0.05, 0) is 32.6 Å². The number of carbonyl (C=O) groups excluding carboxylic acids is 2. The van der Waals surface area contributed by atoms with Gasteiger partial charge in [0.05, 0.1) is 0 Å². The zero-order chi connectivity index (χ0) is 13.5. The van der Waals surface area contributed by atoms with Gasteiger partial charge in [0.25, 0.3) is 0 Å². The molecule has 0 aliphatic heterocycles. The Balaban J connectivity index is 2.52. The highest BCUT2D eigenvalue weighted by Crippen LogP contribution is 2.21. The van der Waals surface area contributed by atoms with Gasteiger partial charge in [0, 0.05) is 13.5 Å². The number of amides is 1. The maximum Gasteiger partial charge on any atom is 0.328 e. The maximum absolute atomic E-state index is 12.0. The second-order valence-corrected chi connectivity index (χ2v) is 4.83. The van der Waals surface area contributed by atoms with E-state index in [9.17, 15) is 9.59 Å². The Morgan fingerprint density at radius 2 is 2.00 bits per heavy atom. The SMILES string of the molecule is C=CCN(C(C)=O)C(C)C(=O)OC1CCCCC1. The monoisotopic (exact) mass is 253 g/mol. The summed E-state index contributed by atoms with van der Waals surface area (Å²) in [6, 6.07) is -0.539. The Kier molecular flexibility index (Phi) is 5.89. The molecule has 0 radical (unpaired) electrons. The van der Waals surface area contributed by atoms with E-state index in [0.717, 1.165) is 25.7 Å². The van der Waals surface area contributed by atoms with Gasteiger partial charge in [0.15, 0.2) is 0 Å². The number of ether oxygens (including phenoxy) is 1. The standard InChI is InChI=1S/C14H23NO3/c1-4-10-15(12(3)16)11(2)14(17)18-13-8-6-5-7-9-13/h4,11,13H,1,5-10H2,2-3H3. The summed E-state index contributed by atoms with van der Waals surface area (Å²) < 4.78 is 5.46. The number of hydrogen-bond donors (Lipinski definition) is 0. The molecule has 0 heterocycles. The third kappa shape index (κ3) is 4.17. The first-order valence-electron chi connectivity index (χ1n) is 6.65. The van der Waals surface area contributed by atoms with Crippen LogP contribution in [0.4, 0.5) is 0 Å². The van der Waals surface area contributed by atoms with Gasteiger partial charge in [0.1, 0.15) is 12.1 Å². The van der Waals surface area contributed by atoms with Crippen molar-refractivity contribution in [1.29, 1.82) is 0 Å². The summed E-state index contributed by atoms with van der Waals surface area (Å²) in [4.78, 5) is 24.9. The highest BCUT2D eigenvalue weighted by atomic mass is 16.5. The van der Waals surface area contributed by atoms with Crippen LogP contribution in [-0.4, -0.2) is 35.5 Å². The Bertz CT molecular complexity index is 308. The number of hydrogen-bond acceptors (Lipinski definition) is 3. The molecule has 1 saturated carbocycles. The molecule has 0 saturated heterocycles. The lowest BCUT2D eigenvalue weighted by Gasteiger charge is -2.28. The van der Waals surface area contributed by atoms with Gasteiger partial charge in [-0.2, -0.15) is 0 Å². The molecular weight excluding hydrogens is 230 g/mol. The molecular formula is C14H23NO3. The van der Waals surface area contributed by atoms with Crippen molar-refractivity contribution in [1.82, 2.24) is 4.90 Å². The quantitative estimate of drug-likeness (QED) is 0.558. The summed E-state index contributed by atoms with van der Waals surface area (Å²) in [5, 5.41) is 0. The Morgan fingerprint density at radius 1 is 1.39 bits per heavy atom. The van der Waals surface area contributed by atoms with E-state index in [-0.39, 0.29) is 18.0 Å². The normalized spacial score (nSPS) is 17.9. The molecule has 18 heavy (non-hydrogen) atoms. The van der Waals surface area contributed by atoms with Crippen LogP contribution in [0.2, 0.25) is 0 Å². The molecule has 1 atom stereocenters. The topological polar surface area (TPSA) is 46.6 Å². The van der Waals surface area contributed by atoms with E-state index in [2.05, 4.69) is 6.58 Å². The van der Waals surface area contributed by atoms with Crippen LogP contribution >= 0.6 is 0 Å². The third-order valence-corrected chi connectivity index (χ3v) is 3.37. The Morgan fingerprint density at radius 3 is 2.50 bits per heavy atom. The first kappa shape index (κ1) is 14.7. The molecule has 1 amide bonds. The van der Waals surface area contributed by atoms with Gasteiger partial charge in [-0.1, -0.05) is 12.5 Å². The van der Waals surface area contributed by atoms with Crippen LogP contribution in [0, 0.1) is 0 Å². The first-order valence-corrected chi connectivity index (χ1v) is 6.65. The van der Waals surface area contributed by atoms with Crippen molar-refractivity contribution in [3.8, 4) is 0 Å². The number of nitrogens with zero attached hydrogens (tertiary/aromatic N) is 1. The summed E-state index contributed by atoms with van der Waals surface area (Å²) in [5.41, 5.74) is 0. The van der Waals surface area contributed by atoms with Crippen LogP contribution in [0.3, 0.4) is 0 Å². The molecule has 102 valence electrons. The first-order chi connectivity index (χ1) is 8.56. The minimum Gasteiger partial charge on any atom is -0.461 e. The minimum atomic E-state index is -0.539. The van der Waals surface area contributed by atoms with Crippen LogP contribution in [0.25, 0.3) is 0 Å². The van der Waals surface area contributed by atoms with Crippen LogP contribution in [-0.2, 0) is 14.3 Å². The van der Waals surface area contributed by atoms with E-state index < -0.39 is 6.04 Å². The highest BCUT2D eigenvalue weighted by molar-refractivity contribution is 5.83. The fourth-order valence-corrected chi connectivity index (χ4v) is 2.27. The molecule has 0 spiro atoms. The maximum atomic E-state index is 12.0. The van der Waals surface area contributed by atoms with E-state index in [1.165, 1.54) is 18.2 Å². The third-order valence-electron chi connectivity index (χ3n) is 3.37. The molecule has 1 fully saturated rings. The van der Waals surface area contributed by atoms with Gasteiger partial charge in [-0.3, -0.25) is 4.79 Å². The average Bonchev–Trinajstić information content (AvgIpc) is 2.36. The summed E-state index contributed by atoms with van der Waals surface area (Å²) in [5.74, 6) is -0.443. The number of rotatable bonds is 5. The lowest BCUT2D eigenvalue weighted by molar-refractivity contribution is -0.159. The Hall–Kier alpha value is -1.32. The predicted molar refractivity (Wildman–Crippen MR) is 70.0 cm³/mol. The predicted octanol–water partition coefficient (Wildman–Crippen LogP) is 2.29. The molecule has 0 bridgehead atoms. The minimum absolute atomic E-state index is 0.0336. The van der Waals surface area contributed by atoms with E-state index in [4.69, 9.17) is 4.74 Å². The summed E-state index contributed by atoms with van der Waals surface area (Å²) in [6.07, 6.45) is 7.00. The van der Waals surface area contributed by atoms with Gasteiger partial charge in [-0.15, -0.1) is 6.58 Å². The van der Waals surface area contributed by atoms with Crippen LogP contribution in [0.15, 0.2) is 12.7 Å². The number of carbonyl (C=O) groups is 2. The van der Waals surface area contributed by atoms with E-state index in [1.807, 2.05) is 0 Å². The van der Waals surface area contributed by atoms with Crippen LogP contribution in [0.5, 0.6) is 0 Å². The molecule has 4 nitrogen and oxygen atoms in total. The zero-order valence-electron chi connectivity index (χ0n) is 11.4. The molecule has 0 aromatic heterocycles. The zero-order valence-corrected chi connectivity index (χ0v) is 11.4. The second-order valence-electron chi connectivity index (χ2n) is 4.83. The molecule has 1 rings (SSSR count). The van der Waals surface area contributed by atoms with Gasteiger partial charge >= 0.3 is 5.97 Å². The van der Waals surface area contributed by atoms with Gasteiger partial charge < -0.3 is 9.64 Å². The molecule has 0 aromatic rings. The fourth-order valence-electron chi connectivity index (χ4n) is 2.27. The van der Waals surface area contributed by atoms with Gasteiger partial charge in [0.2, 0.25) is 5.91 Å². The molecule has 1 aliphatic rings.